The molecule has 0 saturated heterocycles. The normalized spacial score (nSPS) is 14.0. The Morgan fingerprint density at radius 1 is 1.06 bits per heavy atom. The van der Waals surface area contributed by atoms with E-state index in [1.165, 1.54) is 11.8 Å². The molecule has 0 radical (unpaired) electrons. The Hall–Kier alpha value is -2.70. The van der Waals surface area contributed by atoms with E-state index in [1.807, 2.05) is 42.5 Å². The van der Waals surface area contributed by atoms with Crippen molar-refractivity contribution in [1.82, 2.24) is 10.3 Å². The van der Waals surface area contributed by atoms with Crippen molar-refractivity contribution in [3.63, 3.8) is 0 Å². The standard InChI is InChI=1S/C25H25ClN2O3S/c1-16(2)23(17-10-11-20-21(15-17)31-14-6-13-30-20)28-24(29)18-7-5-12-27-25(18)32-22-9-4-3-8-19(22)26/h3-5,7-12,15-16,23H,6,13-14H2,1-2H3,(H,28,29)/t23-/m0/s1. The average molecular weight is 469 g/mol. The maximum atomic E-state index is 13.3. The van der Waals surface area contributed by atoms with Crippen LogP contribution in [0.3, 0.4) is 0 Å². The summed E-state index contributed by atoms with van der Waals surface area (Å²) in [5.74, 6) is 1.44. The van der Waals surface area contributed by atoms with Crippen molar-refractivity contribution in [2.24, 2.45) is 5.92 Å². The second kappa shape index (κ2) is 10.3. The highest BCUT2D eigenvalue weighted by molar-refractivity contribution is 7.99. The third-order valence-electron chi connectivity index (χ3n) is 5.14. The summed E-state index contributed by atoms with van der Waals surface area (Å²) in [5, 5.41) is 4.43. The number of aromatic nitrogens is 1. The van der Waals surface area contributed by atoms with Gasteiger partial charge in [-0.05, 0) is 47.9 Å². The van der Waals surface area contributed by atoms with Crippen LogP contribution >= 0.6 is 23.4 Å². The van der Waals surface area contributed by atoms with Gasteiger partial charge in [0.2, 0.25) is 0 Å². The third-order valence-corrected chi connectivity index (χ3v) is 6.68. The fourth-order valence-corrected chi connectivity index (χ4v) is 4.66. The van der Waals surface area contributed by atoms with Crippen molar-refractivity contribution in [2.45, 2.75) is 36.2 Å². The van der Waals surface area contributed by atoms with Crippen LogP contribution in [0.4, 0.5) is 0 Å². The van der Waals surface area contributed by atoms with E-state index in [0.29, 0.717) is 28.8 Å². The molecule has 0 fully saturated rings. The lowest BCUT2D eigenvalue weighted by Gasteiger charge is -2.24. The first-order chi connectivity index (χ1) is 15.5. The molecule has 2 aromatic carbocycles. The van der Waals surface area contributed by atoms with Gasteiger partial charge in [0, 0.05) is 17.5 Å². The number of halogens is 1. The van der Waals surface area contributed by atoms with Gasteiger partial charge in [0.25, 0.3) is 5.91 Å². The molecular formula is C25H25ClN2O3S. The van der Waals surface area contributed by atoms with Crippen molar-refractivity contribution in [3.05, 3.63) is 76.9 Å². The van der Waals surface area contributed by atoms with Gasteiger partial charge in [-0.1, -0.05) is 55.4 Å². The monoisotopic (exact) mass is 468 g/mol. The molecule has 1 N–H and O–H groups in total. The van der Waals surface area contributed by atoms with E-state index in [0.717, 1.165) is 28.4 Å². The molecule has 4 rings (SSSR count). The predicted octanol–water partition coefficient (Wildman–Crippen LogP) is 6.17. The second-order valence-corrected chi connectivity index (χ2v) is 9.28. The molecule has 0 unspecified atom stereocenters. The molecule has 2 heterocycles. The molecule has 1 aliphatic rings. The molecule has 0 spiro atoms. The number of pyridine rings is 1. The SMILES string of the molecule is CC(C)[C@H](NC(=O)c1cccnc1Sc1ccccc1Cl)c1ccc2c(c1)OCCCO2. The Kier molecular flexibility index (Phi) is 7.22. The number of amides is 1. The van der Waals surface area contributed by atoms with Gasteiger partial charge in [0.05, 0.1) is 29.8 Å². The summed E-state index contributed by atoms with van der Waals surface area (Å²) in [6, 6.07) is 16.8. The fraction of sp³-hybridized carbons (Fsp3) is 0.280. The number of ether oxygens (including phenoxy) is 2. The Morgan fingerprint density at radius 3 is 2.62 bits per heavy atom. The minimum atomic E-state index is -0.196. The van der Waals surface area contributed by atoms with Crippen LogP contribution in [-0.4, -0.2) is 24.1 Å². The lowest BCUT2D eigenvalue weighted by molar-refractivity contribution is 0.0921. The third kappa shape index (κ3) is 5.19. The first-order valence-corrected chi connectivity index (χ1v) is 11.8. The summed E-state index contributed by atoms with van der Waals surface area (Å²) >= 11 is 7.69. The fourth-order valence-electron chi connectivity index (χ4n) is 3.50. The number of rotatable bonds is 6. The van der Waals surface area contributed by atoms with Crippen molar-refractivity contribution < 1.29 is 14.3 Å². The van der Waals surface area contributed by atoms with Crippen molar-refractivity contribution in [2.75, 3.05) is 13.2 Å². The molecule has 32 heavy (non-hydrogen) atoms. The lowest BCUT2D eigenvalue weighted by Crippen LogP contribution is -2.32. The minimum Gasteiger partial charge on any atom is -0.490 e. The second-order valence-electron chi connectivity index (χ2n) is 7.84. The number of carbonyl (C=O) groups is 1. The van der Waals surface area contributed by atoms with Crippen LogP contribution < -0.4 is 14.8 Å². The van der Waals surface area contributed by atoms with E-state index in [-0.39, 0.29) is 17.9 Å². The van der Waals surface area contributed by atoms with Crippen LogP contribution in [0.15, 0.2) is 70.7 Å². The van der Waals surface area contributed by atoms with Gasteiger partial charge >= 0.3 is 0 Å². The van der Waals surface area contributed by atoms with Gasteiger partial charge in [-0.2, -0.15) is 0 Å². The number of nitrogens with zero attached hydrogens (tertiary/aromatic N) is 1. The van der Waals surface area contributed by atoms with E-state index in [9.17, 15) is 4.79 Å². The zero-order valence-corrected chi connectivity index (χ0v) is 19.6. The van der Waals surface area contributed by atoms with Crippen LogP contribution in [0.2, 0.25) is 5.02 Å². The van der Waals surface area contributed by atoms with Gasteiger partial charge in [-0.15, -0.1) is 0 Å². The summed E-state index contributed by atoms with van der Waals surface area (Å²) in [4.78, 5) is 18.6. The zero-order chi connectivity index (χ0) is 22.5. The van der Waals surface area contributed by atoms with Crippen molar-refractivity contribution in [1.29, 1.82) is 0 Å². The highest BCUT2D eigenvalue weighted by Crippen LogP contribution is 2.36. The molecule has 3 aromatic rings. The lowest BCUT2D eigenvalue weighted by atomic mass is 9.95. The minimum absolute atomic E-state index is 0.167. The summed E-state index contributed by atoms with van der Waals surface area (Å²) < 4.78 is 11.6. The number of hydrogen-bond donors (Lipinski definition) is 1. The van der Waals surface area contributed by atoms with E-state index in [1.54, 1.807) is 18.3 Å². The Labute approximate surface area is 197 Å². The summed E-state index contributed by atoms with van der Waals surface area (Å²) in [6.45, 7) is 5.42. The number of benzene rings is 2. The van der Waals surface area contributed by atoms with E-state index in [4.69, 9.17) is 21.1 Å². The Bertz CT molecular complexity index is 1110. The molecule has 1 aliphatic heterocycles. The smallest absolute Gasteiger partial charge is 0.254 e. The summed E-state index contributed by atoms with van der Waals surface area (Å²) in [6.07, 6.45) is 2.53. The number of nitrogens with one attached hydrogen (secondary N) is 1. The molecule has 1 atom stereocenters. The molecule has 1 aromatic heterocycles. The first-order valence-electron chi connectivity index (χ1n) is 10.6. The van der Waals surface area contributed by atoms with Gasteiger partial charge in [-0.3, -0.25) is 4.79 Å². The maximum absolute atomic E-state index is 13.3. The molecule has 1 amide bonds. The molecule has 5 nitrogen and oxygen atoms in total. The summed E-state index contributed by atoms with van der Waals surface area (Å²) in [7, 11) is 0. The summed E-state index contributed by atoms with van der Waals surface area (Å²) in [5.41, 5.74) is 1.49. The number of carbonyl (C=O) groups excluding carboxylic acids is 1. The topological polar surface area (TPSA) is 60.5 Å². The van der Waals surface area contributed by atoms with E-state index >= 15 is 0 Å². The van der Waals surface area contributed by atoms with Crippen LogP contribution in [0, 0.1) is 5.92 Å². The predicted molar refractivity (Wildman–Crippen MR) is 127 cm³/mol. The largest absolute Gasteiger partial charge is 0.490 e. The van der Waals surface area contributed by atoms with Gasteiger partial charge in [0.1, 0.15) is 5.03 Å². The highest BCUT2D eigenvalue weighted by Gasteiger charge is 2.23. The molecule has 0 aliphatic carbocycles. The van der Waals surface area contributed by atoms with Crippen LogP contribution in [0.5, 0.6) is 11.5 Å². The van der Waals surface area contributed by atoms with Crippen LogP contribution in [0.1, 0.15) is 42.2 Å². The number of hydrogen-bond acceptors (Lipinski definition) is 5. The molecule has 166 valence electrons. The van der Waals surface area contributed by atoms with Crippen LogP contribution in [-0.2, 0) is 0 Å². The quantitative estimate of drug-likeness (QED) is 0.468. The molecule has 0 saturated carbocycles. The average Bonchev–Trinajstić information content (AvgIpc) is 3.04. The van der Waals surface area contributed by atoms with Crippen molar-refractivity contribution in [3.8, 4) is 11.5 Å². The zero-order valence-electron chi connectivity index (χ0n) is 18.0. The molecule has 0 bridgehead atoms. The van der Waals surface area contributed by atoms with Gasteiger partial charge < -0.3 is 14.8 Å². The Morgan fingerprint density at radius 2 is 1.84 bits per heavy atom. The first kappa shape index (κ1) is 22.5. The van der Waals surface area contributed by atoms with Gasteiger partial charge in [-0.25, -0.2) is 4.98 Å². The van der Waals surface area contributed by atoms with Crippen LogP contribution in [0.25, 0.3) is 0 Å². The van der Waals surface area contributed by atoms with Gasteiger partial charge in [0.15, 0.2) is 11.5 Å². The highest BCUT2D eigenvalue weighted by atomic mass is 35.5. The van der Waals surface area contributed by atoms with Crippen molar-refractivity contribution >= 4 is 29.3 Å². The maximum Gasteiger partial charge on any atom is 0.254 e. The van der Waals surface area contributed by atoms with E-state index in [2.05, 4.69) is 24.1 Å². The Balaban J connectivity index is 1.58. The number of fused-ring (bicyclic) bond motifs is 1. The van der Waals surface area contributed by atoms with E-state index < -0.39 is 0 Å². The molecule has 7 heteroatoms. The molecular weight excluding hydrogens is 444 g/mol.